The van der Waals surface area contributed by atoms with Crippen LogP contribution in [0.4, 0.5) is 0 Å². The summed E-state index contributed by atoms with van der Waals surface area (Å²) < 4.78 is 22.9. The fourth-order valence-electron chi connectivity index (χ4n) is 13.8. The number of aliphatic carboxylic acids is 1. The number of nitrogens with zero attached hydrogens (tertiary/aromatic N) is 1. The van der Waals surface area contributed by atoms with Crippen LogP contribution >= 0.6 is 0 Å². The van der Waals surface area contributed by atoms with Crippen LogP contribution in [0.3, 0.4) is 0 Å². The quantitative estimate of drug-likeness (QED) is 0.0195. The van der Waals surface area contributed by atoms with Crippen LogP contribution in [0.1, 0.15) is 470 Å². The standard InChI is InChI=1S/C89H171NO8/c1-6-8-10-12-14-16-18-20-22-24-26-28-30-32-34-36-38-40-42-44-46-48-50-52-54-56-58-60-62-64-66-68-70-72-74-76-78-80-87(92)98-85(84-97-89(88(93)94)95-82-81-90(3,4)5)83-96-86(91)79-77-75-73-71-69-67-65-63-61-59-57-55-53-51-49-47-45-43-41-39-37-35-33-31-29-27-25-23-21-19-17-15-13-11-9-7-2/h18,20,24,26,85,89H,6-17,19,21-23,25,27-84H2,1-5H3/b20-18-,26-24-. The monoisotopic (exact) mass is 1380 g/mol. The zero-order valence-electron chi connectivity index (χ0n) is 66.7. The van der Waals surface area contributed by atoms with Crippen molar-refractivity contribution in [3.63, 3.8) is 0 Å². The minimum Gasteiger partial charge on any atom is -0.545 e. The molecule has 2 unspecified atom stereocenters. The molecule has 0 aromatic heterocycles. The first-order valence-corrected chi connectivity index (χ1v) is 44.0. The van der Waals surface area contributed by atoms with E-state index in [1.165, 1.54) is 398 Å². The van der Waals surface area contributed by atoms with Crippen LogP contribution < -0.4 is 5.11 Å². The van der Waals surface area contributed by atoms with Crippen LogP contribution in [0, 0.1) is 0 Å². The number of carboxylic acid groups (broad SMARTS) is 1. The van der Waals surface area contributed by atoms with Crippen molar-refractivity contribution >= 4 is 17.9 Å². The molecule has 0 bridgehead atoms. The van der Waals surface area contributed by atoms with Crippen molar-refractivity contribution in [2.45, 2.75) is 482 Å². The molecule has 2 atom stereocenters. The first-order valence-electron chi connectivity index (χ1n) is 44.0. The lowest BCUT2D eigenvalue weighted by Crippen LogP contribution is -2.44. The molecule has 0 N–H and O–H groups in total. The van der Waals surface area contributed by atoms with Crippen molar-refractivity contribution in [3.05, 3.63) is 24.3 Å². The molecule has 0 saturated heterocycles. The fourth-order valence-corrected chi connectivity index (χ4v) is 13.8. The number of quaternary nitrogens is 1. The molecule has 9 nitrogen and oxygen atoms in total. The number of carboxylic acids is 1. The van der Waals surface area contributed by atoms with Gasteiger partial charge in [-0.2, -0.15) is 0 Å². The molecule has 0 aliphatic carbocycles. The van der Waals surface area contributed by atoms with Gasteiger partial charge in [0.1, 0.15) is 13.2 Å². The molecule has 0 spiro atoms. The molecular formula is C89H171NO8. The van der Waals surface area contributed by atoms with Gasteiger partial charge >= 0.3 is 11.9 Å². The third kappa shape index (κ3) is 81.1. The zero-order chi connectivity index (χ0) is 71.1. The third-order valence-corrected chi connectivity index (χ3v) is 20.5. The molecule has 0 aliphatic rings. The largest absolute Gasteiger partial charge is 0.545 e. The van der Waals surface area contributed by atoms with E-state index in [1.807, 2.05) is 21.1 Å². The van der Waals surface area contributed by atoms with Crippen LogP contribution in [-0.2, 0) is 33.3 Å². The van der Waals surface area contributed by atoms with Gasteiger partial charge in [0.05, 0.1) is 40.3 Å². The molecule has 98 heavy (non-hydrogen) atoms. The highest BCUT2D eigenvalue weighted by Crippen LogP contribution is 2.21. The molecule has 0 heterocycles. The topological polar surface area (TPSA) is 111 Å². The number of hydrogen-bond acceptors (Lipinski definition) is 8. The maximum Gasteiger partial charge on any atom is 0.306 e. The maximum atomic E-state index is 13.0. The molecule has 0 saturated carbocycles. The van der Waals surface area contributed by atoms with E-state index in [4.69, 9.17) is 18.9 Å². The van der Waals surface area contributed by atoms with Crippen molar-refractivity contribution in [1.29, 1.82) is 0 Å². The van der Waals surface area contributed by atoms with Crippen LogP contribution in [-0.4, -0.2) is 82.3 Å². The van der Waals surface area contributed by atoms with E-state index in [-0.39, 0.29) is 32.2 Å². The first kappa shape index (κ1) is 95.8. The van der Waals surface area contributed by atoms with E-state index in [2.05, 4.69) is 38.2 Å². The fraction of sp³-hybridized carbons (Fsp3) is 0.921. The van der Waals surface area contributed by atoms with E-state index in [9.17, 15) is 19.5 Å². The normalized spacial score (nSPS) is 12.6. The summed E-state index contributed by atoms with van der Waals surface area (Å²) in [6, 6.07) is 0. The summed E-state index contributed by atoms with van der Waals surface area (Å²) >= 11 is 0. The third-order valence-electron chi connectivity index (χ3n) is 20.5. The number of ether oxygens (including phenoxy) is 4. The van der Waals surface area contributed by atoms with E-state index in [1.54, 1.807) is 0 Å². The van der Waals surface area contributed by atoms with E-state index < -0.39 is 24.3 Å². The molecule has 580 valence electrons. The van der Waals surface area contributed by atoms with Crippen LogP contribution in [0.15, 0.2) is 24.3 Å². The lowest BCUT2D eigenvalue weighted by Gasteiger charge is -2.26. The summed E-state index contributed by atoms with van der Waals surface area (Å²) in [4.78, 5) is 37.7. The highest BCUT2D eigenvalue weighted by molar-refractivity contribution is 5.70. The van der Waals surface area contributed by atoms with Crippen molar-refractivity contribution in [2.75, 3.05) is 47.5 Å². The van der Waals surface area contributed by atoms with Crippen LogP contribution in [0.25, 0.3) is 0 Å². The first-order chi connectivity index (χ1) is 48.1. The Morgan fingerprint density at radius 3 is 0.806 bits per heavy atom. The maximum absolute atomic E-state index is 13.0. The Balaban J connectivity index is 3.90. The Bertz CT molecular complexity index is 1660. The minimum atomic E-state index is -1.62. The van der Waals surface area contributed by atoms with Gasteiger partial charge in [-0.15, -0.1) is 0 Å². The van der Waals surface area contributed by atoms with Crippen molar-refractivity contribution in [2.24, 2.45) is 0 Å². The second kappa shape index (κ2) is 80.5. The summed E-state index contributed by atoms with van der Waals surface area (Å²) in [7, 11) is 5.96. The van der Waals surface area contributed by atoms with Crippen molar-refractivity contribution < 1.29 is 42.9 Å². The van der Waals surface area contributed by atoms with Gasteiger partial charge in [0, 0.05) is 12.8 Å². The van der Waals surface area contributed by atoms with Gasteiger partial charge in [0.15, 0.2) is 12.4 Å². The lowest BCUT2D eigenvalue weighted by molar-refractivity contribution is -0.870. The Labute approximate surface area is 611 Å². The number of carbonyl (C=O) groups is 3. The SMILES string of the molecule is CCCCCCC/C=C\C/C=C\CCCCCCCCCCCCCCCCCCCCCCCCCCCC(=O)OC(COC(=O)CCCCCCCCCCCCCCCCCCCCCCCCCCCCCCCCCCCCCC)COC(OCC[N+](C)(C)C)C(=O)[O-]. The summed E-state index contributed by atoms with van der Waals surface area (Å²) in [5, 5.41) is 11.9. The minimum absolute atomic E-state index is 0.153. The lowest BCUT2D eigenvalue weighted by atomic mass is 10.0. The van der Waals surface area contributed by atoms with Gasteiger partial charge in [-0.3, -0.25) is 9.59 Å². The second-order valence-electron chi connectivity index (χ2n) is 31.5. The highest BCUT2D eigenvalue weighted by atomic mass is 16.7. The molecule has 0 aromatic rings. The molecule has 9 heteroatoms. The second-order valence-corrected chi connectivity index (χ2v) is 31.5. The van der Waals surface area contributed by atoms with Gasteiger partial charge < -0.3 is 33.3 Å². The van der Waals surface area contributed by atoms with Crippen molar-refractivity contribution in [1.82, 2.24) is 0 Å². The summed E-state index contributed by atoms with van der Waals surface area (Å²) in [6.07, 6.45) is 101. The number of rotatable bonds is 84. The van der Waals surface area contributed by atoms with Gasteiger partial charge in [0.2, 0.25) is 0 Å². The number of unbranched alkanes of at least 4 members (excludes halogenated alkanes) is 65. The number of hydrogen-bond donors (Lipinski definition) is 0. The number of likely N-dealkylation sites (N-methyl/N-ethyl adjacent to an activating group) is 1. The van der Waals surface area contributed by atoms with E-state index in [0.29, 0.717) is 17.4 Å². The molecule has 0 rings (SSSR count). The Morgan fingerprint density at radius 2 is 0.551 bits per heavy atom. The van der Waals surface area contributed by atoms with Gasteiger partial charge in [0.25, 0.3) is 0 Å². The number of esters is 2. The Hall–Kier alpha value is -2.23. The molecule has 0 amide bonds. The number of carbonyl (C=O) groups excluding carboxylic acids is 3. The predicted octanol–water partition coefficient (Wildman–Crippen LogP) is 27.1. The van der Waals surface area contributed by atoms with Crippen LogP contribution in [0.5, 0.6) is 0 Å². The van der Waals surface area contributed by atoms with E-state index in [0.717, 1.165) is 44.9 Å². The molecule has 0 aromatic carbocycles. The number of allylic oxidation sites excluding steroid dienone is 4. The Kier molecular flexibility index (Phi) is 78.6. The summed E-state index contributed by atoms with van der Waals surface area (Å²) in [5.74, 6) is -2.24. The Morgan fingerprint density at radius 1 is 0.306 bits per heavy atom. The molecule has 0 fully saturated rings. The molecule has 0 aliphatic heterocycles. The van der Waals surface area contributed by atoms with E-state index >= 15 is 0 Å². The zero-order valence-corrected chi connectivity index (χ0v) is 66.7. The smallest absolute Gasteiger partial charge is 0.306 e. The molecule has 0 radical (unpaired) electrons. The average molecular weight is 1380 g/mol. The molecular weight excluding hydrogens is 1210 g/mol. The summed E-state index contributed by atoms with van der Waals surface area (Å²) in [6.45, 7) is 4.84. The van der Waals surface area contributed by atoms with Gasteiger partial charge in [-0.25, -0.2) is 0 Å². The average Bonchev–Trinajstić information content (AvgIpc) is 1.26. The van der Waals surface area contributed by atoms with Crippen LogP contribution in [0.2, 0.25) is 0 Å². The van der Waals surface area contributed by atoms with Gasteiger partial charge in [-0.1, -0.05) is 436 Å². The van der Waals surface area contributed by atoms with Crippen molar-refractivity contribution in [3.8, 4) is 0 Å². The predicted molar refractivity (Wildman–Crippen MR) is 422 cm³/mol. The summed E-state index contributed by atoms with van der Waals surface area (Å²) in [5.41, 5.74) is 0. The highest BCUT2D eigenvalue weighted by Gasteiger charge is 2.22. The van der Waals surface area contributed by atoms with Gasteiger partial charge in [-0.05, 0) is 44.9 Å².